The molecule has 0 atom stereocenters. The van der Waals surface area contributed by atoms with Crippen LogP contribution in [0.3, 0.4) is 0 Å². The number of thiazole rings is 1. The van der Waals surface area contributed by atoms with Gasteiger partial charge in [-0.1, -0.05) is 47.7 Å². The van der Waals surface area contributed by atoms with E-state index in [-0.39, 0.29) is 5.56 Å². The van der Waals surface area contributed by atoms with E-state index in [2.05, 4.69) is 10.1 Å². The number of benzene rings is 3. The van der Waals surface area contributed by atoms with Gasteiger partial charge in [-0.25, -0.2) is 4.68 Å². The molecule has 0 bridgehead atoms. The third-order valence-electron chi connectivity index (χ3n) is 6.95. The highest BCUT2D eigenvalue weighted by Crippen LogP contribution is 2.32. The van der Waals surface area contributed by atoms with Crippen molar-refractivity contribution in [2.24, 2.45) is 0 Å². The molecule has 0 unspecified atom stereocenters. The van der Waals surface area contributed by atoms with E-state index in [1.165, 1.54) is 15.9 Å². The lowest BCUT2D eigenvalue weighted by Gasteiger charge is -2.06. The molecule has 0 saturated carbocycles. The van der Waals surface area contributed by atoms with Gasteiger partial charge < -0.3 is 9.15 Å². The van der Waals surface area contributed by atoms with Crippen LogP contribution in [0, 0.1) is 13.8 Å². The number of nitrogens with zero attached hydrogens (tertiary/aromatic N) is 5. The van der Waals surface area contributed by atoms with Gasteiger partial charge in [0.2, 0.25) is 10.8 Å². The summed E-state index contributed by atoms with van der Waals surface area (Å²) in [5, 5.41) is 10.4. The monoisotopic (exact) mass is 545 g/mol. The van der Waals surface area contributed by atoms with Crippen LogP contribution in [0.5, 0.6) is 5.75 Å². The van der Waals surface area contributed by atoms with Crippen molar-refractivity contribution >= 4 is 33.3 Å². The van der Waals surface area contributed by atoms with E-state index in [0.717, 1.165) is 50.4 Å². The van der Waals surface area contributed by atoms with Gasteiger partial charge in [0.25, 0.3) is 5.56 Å². The van der Waals surface area contributed by atoms with Gasteiger partial charge in [-0.15, -0.1) is 5.10 Å². The molecule has 0 spiro atoms. The van der Waals surface area contributed by atoms with Gasteiger partial charge in [-0.2, -0.15) is 14.6 Å². The van der Waals surface area contributed by atoms with Crippen molar-refractivity contribution in [3.8, 4) is 34.3 Å². The fraction of sp³-hybridized carbons (Fsp3) is 0.0968. The molecular weight excluding hydrogens is 522 g/mol. The third-order valence-corrected chi connectivity index (χ3v) is 7.91. The van der Waals surface area contributed by atoms with Crippen molar-refractivity contribution in [2.75, 3.05) is 7.11 Å². The Morgan fingerprint density at radius 1 is 0.975 bits per heavy atom. The second kappa shape index (κ2) is 9.32. The van der Waals surface area contributed by atoms with Crippen molar-refractivity contribution in [1.82, 2.24) is 24.4 Å². The van der Waals surface area contributed by atoms with Gasteiger partial charge in [0.1, 0.15) is 17.0 Å². The lowest BCUT2D eigenvalue weighted by Crippen LogP contribution is -2.23. The Hall–Kier alpha value is -5.02. The number of para-hydroxylation sites is 2. The summed E-state index contributed by atoms with van der Waals surface area (Å²) < 4.78 is 15.2. The molecule has 0 aliphatic heterocycles. The van der Waals surface area contributed by atoms with Crippen LogP contribution in [-0.4, -0.2) is 31.5 Å². The van der Waals surface area contributed by atoms with E-state index in [1.54, 1.807) is 7.11 Å². The summed E-state index contributed by atoms with van der Waals surface area (Å²) in [5.41, 5.74) is 5.88. The smallest absolute Gasteiger partial charge is 0.291 e. The number of ether oxygens (including phenoxy) is 1. The van der Waals surface area contributed by atoms with Crippen LogP contribution in [0.25, 0.3) is 50.5 Å². The Kier molecular flexibility index (Phi) is 5.60. The molecule has 7 rings (SSSR count). The molecule has 3 aromatic carbocycles. The van der Waals surface area contributed by atoms with Gasteiger partial charge in [0, 0.05) is 28.3 Å². The molecule has 9 heteroatoms. The Morgan fingerprint density at radius 2 is 1.77 bits per heavy atom. The van der Waals surface area contributed by atoms with Gasteiger partial charge >= 0.3 is 0 Å². The van der Waals surface area contributed by atoms with Crippen LogP contribution in [0.1, 0.15) is 16.7 Å². The Balaban J connectivity index is 1.36. The van der Waals surface area contributed by atoms with Crippen molar-refractivity contribution in [1.29, 1.82) is 0 Å². The molecular formula is C31H23N5O3S. The molecule has 8 nitrogen and oxygen atoms in total. The normalized spacial score (nSPS) is 12.1. The zero-order chi connectivity index (χ0) is 27.4. The third kappa shape index (κ3) is 3.90. The topological polar surface area (TPSA) is 87.4 Å². The Morgan fingerprint density at radius 3 is 2.52 bits per heavy atom. The first kappa shape index (κ1) is 24.1. The van der Waals surface area contributed by atoms with Crippen LogP contribution in [-0.2, 0) is 0 Å². The Labute approximate surface area is 232 Å². The van der Waals surface area contributed by atoms with Crippen LogP contribution in [0.4, 0.5) is 0 Å². The van der Waals surface area contributed by atoms with Crippen LogP contribution in [0.2, 0.25) is 0 Å². The predicted molar refractivity (Wildman–Crippen MR) is 156 cm³/mol. The maximum atomic E-state index is 13.5. The molecule has 196 valence electrons. The minimum absolute atomic E-state index is 0.239. The number of aryl methyl sites for hydroxylation is 2. The average Bonchev–Trinajstić information content (AvgIpc) is 3.73. The number of hydrogen-bond donors (Lipinski definition) is 0. The highest BCUT2D eigenvalue weighted by Gasteiger charge is 2.19. The first-order valence-electron chi connectivity index (χ1n) is 12.7. The fourth-order valence-electron chi connectivity index (χ4n) is 4.91. The van der Waals surface area contributed by atoms with Gasteiger partial charge in [0.15, 0.2) is 5.76 Å². The number of fused-ring (bicyclic) bond motifs is 2. The second-order valence-corrected chi connectivity index (χ2v) is 10.5. The van der Waals surface area contributed by atoms with Gasteiger partial charge in [0.05, 0.1) is 17.3 Å². The summed E-state index contributed by atoms with van der Waals surface area (Å²) in [6.45, 7) is 3.97. The highest BCUT2D eigenvalue weighted by molar-refractivity contribution is 7.15. The standard InChI is InChI=1S/C31H23N5O3S/c1-18-15-20(13-14-24(18)38-3)27-21(17-35(33-27)22-9-5-4-6-10-22)16-26-30(37)36-31(40-26)32-29(34-36)28-19(2)23-11-7-8-12-25(23)39-28/h4-17H,1-3H3. The summed E-state index contributed by atoms with van der Waals surface area (Å²) in [7, 11) is 1.66. The first-order valence-corrected chi connectivity index (χ1v) is 13.5. The molecule has 0 saturated heterocycles. The number of furan rings is 1. The number of aromatic nitrogens is 5. The van der Waals surface area contributed by atoms with E-state index in [0.29, 0.717) is 21.1 Å². The van der Waals surface area contributed by atoms with Crippen LogP contribution >= 0.6 is 11.3 Å². The van der Waals surface area contributed by atoms with E-state index < -0.39 is 0 Å². The fourth-order valence-corrected chi connectivity index (χ4v) is 5.81. The van der Waals surface area contributed by atoms with Crippen molar-refractivity contribution in [2.45, 2.75) is 13.8 Å². The van der Waals surface area contributed by atoms with E-state index in [1.807, 2.05) is 104 Å². The molecule has 0 amide bonds. The molecule has 0 N–H and O–H groups in total. The summed E-state index contributed by atoms with van der Waals surface area (Å²) in [6, 6.07) is 23.6. The lowest BCUT2D eigenvalue weighted by molar-refractivity contribution is 0.412. The average molecular weight is 546 g/mol. The number of rotatable bonds is 5. The maximum absolute atomic E-state index is 13.5. The summed E-state index contributed by atoms with van der Waals surface area (Å²) >= 11 is 1.29. The minimum Gasteiger partial charge on any atom is -0.496 e. The SMILES string of the molecule is COc1ccc(-c2nn(-c3ccccc3)cc2C=c2sc3nc(-c4oc5ccccc5c4C)nn3c2=O)cc1C. The largest absolute Gasteiger partial charge is 0.496 e. The molecule has 0 aliphatic carbocycles. The van der Waals surface area contributed by atoms with E-state index in [9.17, 15) is 4.79 Å². The quantitative estimate of drug-likeness (QED) is 0.280. The molecule has 4 aromatic heterocycles. The molecule has 0 fully saturated rings. The zero-order valence-corrected chi connectivity index (χ0v) is 22.8. The maximum Gasteiger partial charge on any atom is 0.291 e. The summed E-state index contributed by atoms with van der Waals surface area (Å²) in [4.78, 5) is 18.6. The molecule has 0 radical (unpaired) electrons. The van der Waals surface area contributed by atoms with Crippen molar-refractivity contribution in [3.63, 3.8) is 0 Å². The summed E-state index contributed by atoms with van der Waals surface area (Å²) in [5.74, 6) is 1.78. The highest BCUT2D eigenvalue weighted by atomic mass is 32.1. The van der Waals surface area contributed by atoms with Crippen LogP contribution < -0.4 is 14.8 Å². The number of methoxy groups -OCH3 is 1. The summed E-state index contributed by atoms with van der Waals surface area (Å²) in [6.07, 6.45) is 3.79. The number of hydrogen-bond acceptors (Lipinski definition) is 7. The second-order valence-electron chi connectivity index (χ2n) is 9.50. The van der Waals surface area contributed by atoms with Gasteiger partial charge in [-0.3, -0.25) is 4.79 Å². The lowest BCUT2D eigenvalue weighted by atomic mass is 10.0. The molecule has 7 aromatic rings. The predicted octanol–water partition coefficient (Wildman–Crippen LogP) is 5.59. The molecule has 4 heterocycles. The first-order chi connectivity index (χ1) is 19.5. The molecule has 0 aliphatic rings. The van der Waals surface area contributed by atoms with Crippen LogP contribution in [0.15, 0.2) is 88.2 Å². The van der Waals surface area contributed by atoms with Crippen molar-refractivity contribution < 1.29 is 9.15 Å². The molecule has 40 heavy (non-hydrogen) atoms. The zero-order valence-electron chi connectivity index (χ0n) is 22.0. The van der Waals surface area contributed by atoms with Crippen molar-refractivity contribution in [3.05, 3.63) is 111 Å². The van der Waals surface area contributed by atoms with Gasteiger partial charge in [-0.05, 0) is 61.9 Å². The Bertz CT molecular complexity index is 2150. The minimum atomic E-state index is -0.239. The van der Waals surface area contributed by atoms with E-state index >= 15 is 0 Å². The van der Waals surface area contributed by atoms with E-state index in [4.69, 9.17) is 14.3 Å².